The van der Waals surface area contributed by atoms with Crippen molar-refractivity contribution in [1.82, 2.24) is 20.0 Å². The second-order valence-electron chi connectivity index (χ2n) is 6.22. The van der Waals surface area contributed by atoms with Crippen molar-refractivity contribution < 1.29 is 14.1 Å². The molecule has 0 saturated heterocycles. The zero-order valence-corrected chi connectivity index (χ0v) is 15.1. The first-order valence-corrected chi connectivity index (χ1v) is 8.44. The molecule has 0 radical (unpaired) electrons. The highest BCUT2D eigenvalue weighted by molar-refractivity contribution is 5.97. The van der Waals surface area contributed by atoms with E-state index in [1.165, 1.54) is 0 Å². The van der Waals surface area contributed by atoms with Crippen LogP contribution in [0.25, 0.3) is 0 Å². The molecule has 0 bridgehead atoms. The zero-order valence-electron chi connectivity index (χ0n) is 15.1. The predicted octanol–water partition coefficient (Wildman–Crippen LogP) is 2.89. The quantitative estimate of drug-likeness (QED) is 0.705. The normalized spacial score (nSPS) is 12.0. The first kappa shape index (κ1) is 17.7. The highest BCUT2D eigenvalue weighted by Gasteiger charge is 2.16. The molecule has 0 fully saturated rings. The van der Waals surface area contributed by atoms with Crippen LogP contribution in [0.3, 0.4) is 0 Å². The van der Waals surface area contributed by atoms with E-state index in [2.05, 4.69) is 15.5 Å². The number of amides is 1. The summed E-state index contributed by atoms with van der Waals surface area (Å²) in [5.74, 6) is 1.07. The van der Waals surface area contributed by atoms with E-state index >= 15 is 0 Å². The first-order valence-electron chi connectivity index (χ1n) is 8.44. The van der Waals surface area contributed by atoms with Crippen molar-refractivity contribution in [2.24, 2.45) is 0 Å². The molecule has 2 aromatic heterocycles. The molecule has 0 spiro atoms. The van der Waals surface area contributed by atoms with Gasteiger partial charge in [-0.3, -0.25) is 4.79 Å². The summed E-state index contributed by atoms with van der Waals surface area (Å²) in [5, 5.41) is 6.91. The zero-order chi connectivity index (χ0) is 18.5. The minimum absolute atomic E-state index is 0.0488. The molecule has 0 saturated carbocycles. The molecule has 3 aromatic rings. The maximum absolute atomic E-state index is 12.7. The van der Waals surface area contributed by atoms with Gasteiger partial charge in [-0.15, -0.1) is 0 Å². The van der Waals surface area contributed by atoms with Crippen LogP contribution in [0.5, 0.6) is 5.75 Å². The Morgan fingerprint density at radius 2 is 2.15 bits per heavy atom. The minimum atomic E-state index is -0.174. The molecular formula is C19H22N4O3. The summed E-state index contributed by atoms with van der Waals surface area (Å²) in [6.07, 6.45) is 5.30. The summed E-state index contributed by atoms with van der Waals surface area (Å²) >= 11 is 0. The van der Waals surface area contributed by atoms with Crippen LogP contribution in [-0.4, -0.2) is 26.7 Å². The van der Waals surface area contributed by atoms with Gasteiger partial charge in [-0.2, -0.15) is 0 Å². The van der Waals surface area contributed by atoms with Gasteiger partial charge in [0.05, 0.1) is 23.1 Å². The standard InChI is InChI=1S/C19H22N4O3/c1-13(10-23-9-8-20-12-23)21-19(24)16-6-4-5-7-18(16)25-11-17-14(2)22-26-15(17)3/h4-9,12-13H,10-11H2,1-3H3,(H,21,24)/t13-/m1/s1. The van der Waals surface area contributed by atoms with E-state index < -0.39 is 0 Å². The van der Waals surface area contributed by atoms with Crippen molar-refractivity contribution in [2.75, 3.05) is 0 Å². The fourth-order valence-corrected chi connectivity index (χ4v) is 2.70. The molecule has 3 rings (SSSR count). The largest absolute Gasteiger partial charge is 0.488 e. The third kappa shape index (κ3) is 4.11. The SMILES string of the molecule is Cc1noc(C)c1COc1ccccc1C(=O)N[C@H](C)Cn1ccnc1. The number of benzene rings is 1. The lowest BCUT2D eigenvalue weighted by atomic mass is 10.1. The van der Waals surface area contributed by atoms with Crippen molar-refractivity contribution in [1.29, 1.82) is 0 Å². The second-order valence-corrected chi connectivity index (χ2v) is 6.22. The number of hydrogen-bond donors (Lipinski definition) is 1. The fourth-order valence-electron chi connectivity index (χ4n) is 2.70. The molecule has 0 aliphatic rings. The van der Waals surface area contributed by atoms with Gasteiger partial charge in [-0.25, -0.2) is 4.98 Å². The molecule has 26 heavy (non-hydrogen) atoms. The summed E-state index contributed by atoms with van der Waals surface area (Å²) in [7, 11) is 0. The lowest BCUT2D eigenvalue weighted by molar-refractivity contribution is 0.0932. The number of ether oxygens (including phenoxy) is 1. The van der Waals surface area contributed by atoms with E-state index in [9.17, 15) is 4.79 Å². The Hall–Kier alpha value is -3.09. The number of aromatic nitrogens is 3. The van der Waals surface area contributed by atoms with Gasteiger partial charge in [0, 0.05) is 25.0 Å². The highest BCUT2D eigenvalue weighted by atomic mass is 16.5. The van der Waals surface area contributed by atoms with E-state index in [0.717, 1.165) is 17.0 Å². The number of aryl methyl sites for hydroxylation is 2. The molecule has 7 heteroatoms. The van der Waals surface area contributed by atoms with Gasteiger partial charge < -0.3 is 19.1 Å². The van der Waals surface area contributed by atoms with Crippen LogP contribution in [0.15, 0.2) is 47.5 Å². The summed E-state index contributed by atoms with van der Waals surface area (Å²) in [6, 6.07) is 7.15. The van der Waals surface area contributed by atoms with Crippen molar-refractivity contribution in [3.63, 3.8) is 0 Å². The lowest BCUT2D eigenvalue weighted by Gasteiger charge is -2.16. The summed E-state index contributed by atoms with van der Waals surface area (Å²) in [5.41, 5.74) is 2.18. The Bertz CT molecular complexity index is 851. The van der Waals surface area contributed by atoms with Gasteiger partial charge in [0.1, 0.15) is 18.1 Å². The van der Waals surface area contributed by atoms with Crippen molar-refractivity contribution >= 4 is 5.91 Å². The van der Waals surface area contributed by atoms with Crippen LogP contribution in [0.4, 0.5) is 0 Å². The molecule has 0 aliphatic carbocycles. The number of para-hydroxylation sites is 1. The van der Waals surface area contributed by atoms with Crippen LogP contribution in [-0.2, 0) is 13.2 Å². The minimum Gasteiger partial charge on any atom is -0.488 e. The smallest absolute Gasteiger partial charge is 0.255 e. The average molecular weight is 354 g/mol. The Morgan fingerprint density at radius 3 is 2.85 bits per heavy atom. The number of hydrogen-bond acceptors (Lipinski definition) is 5. The van der Waals surface area contributed by atoms with Gasteiger partial charge in [0.25, 0.3) is 5.91 Å². The Balaban J connectivity index is 1.67. The van der Waals surface area contributed by atoms with E-state index in [1.807, 2.05) is 43.7 Å². The van der Waals surface area contributed by atoms with Crippen molar-refractivity contribution in [2.45, 2.75) is 40.0 Å². The van der Waals surface area contributed by atoms with E-state index in [4.69, 9.17) is 9.26 Å². The van der Waals surface area contributed by atoms with E-state index in [0.29, 0.717) is 24.5 Å². The van der Waals surface area contributed by atoms with Gasteiger partial charge >= 0.3 is 0 Å². The maximum Gasteiger partial charge on any atom is 0.255 e. The Kier molecular flexibility index (Phi) is 5.36. The molecule has 1 N–H and O–H groups in total. The Labute approximate surface area is 152 Å². The van der Waals surface area contributed by atoms with Crippen LogP contribution in [0, 0.1) is 13.8 Å². The van der Waals surface area contributed by atoms with Crippen LogP contribution >= 0.6 is 0 Å². The topological polar surface area (TPSA) is 82.2 Å². The monoisotopic (exact) mass is 354 g/mol. The van der Waals surface area contributed by atoms with E-state index in [-0.39, 0.29) is 11.9 Å². The van der Waals surface area contributed by atoms with Crippen LogP contribution < -0.4 is 10.1 Å². The molecule has 136 valence electrons. The molecule has 7 nitrogen and oxygen atoms in total. The second kappa shape index (κ2) is 7.86. The van der Waals surface area contributed by atoms with Gasteiger partial charge in [0.15, 0.2) is 0 Å². The summed E-state index contributed by atoms with van der Waals surface area (Å²) < 4.78 is 12.9. The molecule has 1 atom stereocenters. The average Bonchev–Trinajstić information content (AvgIpc) is 3.23. The molecular weight excluding hydrogens is 332 g/mol. The van der Waals surface area contributed by atoms with Gasteiger partial charge in [-0.1, -0.05) is 17.3 Å². The predicted molar refractivity (Wildman–Crippen MR) is 95.9 cm³/mol. The number of nitrogens with zero attached hydrogens (tertiary/aromatic N) is 3. The van der Waals surface area contributed by atoms with E-state index in [1.54, 1.807) is 24.7 Å². The first-order chi connectivity index (χ1) is 12.5. The number of carbonyl (C=O) groups is 1. The molecule has 1 amide bonds. The van der Waals surface area contributed by atoms with Crippen LogP contribution in [0.1, 0.15) is 34.3 Å². The Morgan fingerprint density at radius 1 is 1.35 bits per heavy atom. The molecule has 0 aliphatic heterocycles. The number of carbonyl (C=O) groups excluding carboxylic acids is 1. The lowest BCUT2D eigenvalue weighted by Crippen LogP contribution is -2.35. The third-order valence-corrected chi connectivity index (χ3v) is 4.11. The van der Waals surface area contributed by atoms with Gasteiger partial charge in [-0.05, 0) is 32.9 Å². The highest BCUT2D eigenvalue weighted by Crippen LogP contribution is 2.21. The van der Waals surface area contributed by atoms with Crippen molar-refractivity contribution in [3.8, 4) is 5.75 Å². The number of rotatable bonds is 7. The number of nitrogens with one attached hydrogen (secondary N) is 1. The fraction of sp³-hybridized carbons (Fsp3) is 0.316. The summed E-state index contributed by atoms with van der Waals surface area (Å²) in [4.78, 5) is 16.7. The molecule has 0 unspecified atom stereocenters. The van der Waals surface area contributed by atoms with Crippen molar-refractivity contribution in [3.05, 3.63) is 65.6 Å². The number of imidazole rings is 1. The maximum atomic E-state index is 12.7. The molecule has 2 heterocycles. The third-order valence-electron chi connectivity index (χ3n) is 4.11. The summed E-state index contributed by atoms with van der Waals surface area (Å²) in [6.45, 7) is 6.61. The molecule has 1 aromatic carbocycles. The van der Waals surface area contributed by atoms with Gasteiger partial charge in [0.2, 0.25) is 0 Å². The van der Waals surface area contributed by atoms with Crippen LogP contribution in [0.2, 0.25) is 0 Å².